The lowest BCUT2D eigenvalue weighted by atomic mass is 9.97. The van der Waals surface area contributed by atoms with Gasteiger partial charge in [0.1, 0.15) is 0 Å². The first-order valence-corrected chi connectivity index (χ1v) is 6.66. The van der Waals surface area contributed by atoms with Crippen molar-refractivity contribution in [2.75, 3.05) is 26.7 Å². The molecule has 0 aromatic carbocycles. The van der Waals surface area contributed by atoms with E-state index in [9.17, 15) is 0 Å². The van der Waals surface area contributed by atoms with Gasteiger partial charge in [-0.15, -0.1) is 0 Å². The van der Waals surface area contributed by atoms with E-state index in [-0.39, 0.29) is 0 Å². The quantitative estimate of drug-likeness (QED) is 0.747. The molecule has 15 heavy (non-hydrogen) atoms. The molecule has 1 N–H and O–H groups in total. The highest BCUT2D eigenvalue weighted by Crippen LogP contribution is 2.34. The van der Waals surface area contributed by atoms with Gasteiger partial charge in [0.15, 0.2) is 0 Å². The van der Waals surface area contributed by atoms with Crippen LogP contribution in [-0.2, 0) is 0 Å². The molecule has 1 aliphatic carbocycles. The largest absolute Gasteiger partial charge is 0.317 e. The normalized spacial score (nSPS) is 25.8. The fourth-order valence-electron chi connectivity index (χ4n) is 2.67. The van der Waals surface area contributed by atoms with Gasteiger partial charge < -0.3 is 10.2 Å². The smallest absolute Gasteiger partial charge is 0.00666 e. The molecule has 2 aliphatic rings. The van der Waals surface area contributed by atoms with Crippen molar-refractivity contribution in [2.24, 2.45) is 11.8 Å². The van der Waals surface area contributed by atoms with Gasteiger partial charge in [0, 0.05) is 12.6 Å². The van der Waals surface area contributed by atoms with Crippen molar-refractivity contribution in [3.63, 3.8) is 0 Å². The highest BCUT2D eigenvalue weighted by Gasteiger charge is 2.26. The van der Waals surface area contributed by atoms with Gasteiger partial charge in [-0.3, -0.25) is 0 Å². The molecule has 1 atom stereocenters. The fraction of sp³-hybridized carbons (Fsp3) is 1.00. The fourth-order valence-corrected chi connectivity index (χ4v) is 2.67. The van der Waals surface area contributed by atoms with Crippen LogP contribution in [0.5, 0.6) is 0 Å². The summed E-state index contributed by atoms with van der Waals surface area (Å²) in [6.07, 6.45) is 7.17. The van der Waals surface area contributed by atoms with Gasteiger partial charge in [0.25, 0.3) is 0 Å². The third kappa shape index (κ3) is 3.76. The monoisotopic (exact) mass is 210 g/mol. The lowest BCUT2D eigenvalue weighted by molar-refractivity contribution is 0.184. The Bertz CT molecular complexity index is 183. The first-order chi connectivity index (χ1) is 7.25. The van der Waals surface area contributed by atoms with Crippen LogP contribution in [0.4, 0.5) is 0 Å². The molecule has 1 heterocycles. The maximum Gasteiger partial charge on any atom is 0.00666 e. The van der Waals surface area contributed by atoms with E-state index in [1.54, 1.807) is 0 Å². The summed E-state index contributed by atoms with van der Waals surface area (Å²) in [4.78, 5) is 2.59. The molecule has 2 fully saturated rings. The van der Waals surface area contributed by atoms with Gasteiger partial charge in [0.2, 0.25) is 0 Å². The molecule has 0 bridgehead atoms. The molecule has 0 spiro atoms. The number of rotatable bonds is 5. The Hall–Kier alpha value is -0.0800. The third-order valence-electron chi connectivity index (χ3n) is 4.13. The van der Waals surface area contributed by atoms with Crippen molar-refractivity contribution in [3.8, 4) is 0 Å². The Morgan fingerprint density at radius 2 is 1.80 bits per heavy atom. The molecule has 2 heteroatoms. The molecule has 1 saturated heterocycles. The number of piperidine rings is 1. The van der Waals surface area contributed by atoms with Gasteiger partial charge in [-0.25, -0.2) is 0 Å². The molecule has 1 saturated carbocycles. The summed E-state index contributed by atoms with van der Waals surface area (Å²) in [5, 5.41) is 3.44. The minimum absolute atomic E-state index is 0.799. The Kier molecular flexibility index (Phi) is 4.04. The van der Waals surface area contributed by atoms with E-state index >= 15 is 0 Å². The van der Waals surface area contributed by atoms with Crippen LogP contribution >= 0.6 is 0 Å². The molecule has 0 aromatic heterocycles. The molecule has 1 aliphatic heterocycles. The Morgan fingerprint density at radius 3 is 2.40 bits per heavy atom. The zero-order chi connectivity index (χ0) is 10.7. The van der Waals surface area contributed by atoms with Crippen LogP contribution in [0.2, 0.25) is 0 Å². The van der Waals surface area contributed by atoms with Crippen molar-refractivity contribution < 1.29 is 0 Å². The van der Waals surface area contributed by atoms with Crippen LogP contribution in [0.3, 0.4) is 0 Å². The predicted octanol–water partition coefficient (Wildman–Crippen LogP) is 2.11. The summed E-state index contributed by atoms with van der Waals surface area (Å²) >= 11 is 0. The standard InChI is InChI=1S/C13H26N2/c1-11(9-12-3-4-12)15(2)10-13-5-7-14-8-6-13/h11-14H,3-10H2,1-2H3. The van der Waals surface area contributed by atoms with Crippen molar-refractivity contribution >= 4 is 0 Å². The molecule has 88 valence electrons. The minimum atomic E-state index is 0.799. The van der Waals surface area contributed by atoms with Crippen LogP contribution in [0.1, 0.15) is 39.0 Å². The average molecular weight is 210 g/mol. The lowest BCUT2D eigenvalue weighted by Crippen LogP contribution is -2.38. The maximum atomic E-state index is 3.44. The maximum absolute atomic E-state index is 3.44. The Labute approximate surface area is 94.4 Å². The minimum Gasteiger partial charge on any atom is -0.317 e. The summed E-state index contributed by atoms with van der Waals surface area (Å²) in [6, 6.07) is 0.799. The second-order valence-electron chi connectivity index (χ2n) is 5.66. The van der Waals surface area contributed by atoms with E-state index in [0.29, 0.717) is 0 Å². The number of hydrogen-bond donors (Lipinski definition) is 1. The Morgan fingerprint density at radius 1 is 1.13 bits per heavy atom. The molecule has 1 unspecified atom stereocenters. The lowest BCUT2D eigenvalue weighted by Gasteiger charge is -2.31. The van der Waals surface area contributed by atoms with Crippen LogP contribution in [-0.4, -0.2) is 37.6 Å². The van der Waals surface area contributed by atoms with Gasteiger partial charge in [-0.05, 0) is 58.2 Å². The highest BCUT2D eigenvalue weighted by molar-refractivity contribution is 4.80. The van der Waals surface area contributed by atoms with Crippen molar-refractivity contribution in [2.45, 2.75) is 45.1 Å². The van der Waals surface area contributed by atoms with E-state index in [4.69, 9.17) is 0 Å². The highest BCUT2D eigenvalue weighted by atomic mass is 15.1. The molecular formula is C13H26N2. The topological polar surface area (TPSA) is 15.3 Å². The van der Waals surface area contributed by atoms with Crippen LogP contribution in [0.15, 0.2) is 0 Å². The van der Waals surface area contributed by atoms with E-state index in [1.807, 2.05) is 0 Å². The molecule has 0 amide bonds. The van der Waals surface area contributed by atoms with E-state index in [2.05, 4.69) is 24.2 Å². The second-order valence-corrected chi connectivity index (χ2v) is 5.66. The van der Waals surface area contributed by atoms with Crippen molar-refractivity contribution in [1.82, 2.24) is 10.2 Å². The van der Waals surface area contributed by atoms with Gasteiger partial charge >= 0.3 is 0 Å². The average Bonchev–Trinajstić information content (AvgIpc) is 3.03. The van der Waals surface area contributed by atoms with Crippen molar-refractivity contribution in [1.29, 1.82) is 0 Å². The molecule has 2 rings (SSSR count). The number of nitrogens with one attached hydrogen (secondary N) is 1. The summed E-state index contributed by atoms with van der Waals surface area (Å²) in [7, 11) is 2.31. The first-order valence-electron chi connectivity index (χ1n) is 6.66. The van der Waals surface area contributed by atoms with Crippen LogP contribution < -0.4 is 5.32 Å². The van der Waals surface area contributed by atoms with E-state index in [1.165, 1.54) is 51.7 Å². The first kappa shape index (κ1) is 11.4. The number of hydrogen-bond acceptors (Lipinski definition) is 2. The predicted molar refractivity (Wildman–Crippen MR) is 65.0 cm³/mol. The Balaban J connectivity index is 1.66. The second kappa shape index (κ2) is 5.31. The summed E-state index contributed by atoms with van der Waals surface area (Å²) in [6.45, 7) is 6.18. The summed E-state index contributed by atoms with van der Waals surface area (Å²) < 4.78 is 0. The molecular weight excluding hydrogens is 184 g/mol. The van der Waals surface area contributed by atoms with Gasteiger partial charge in [-0.1, -0.05) is 12.8 Å². The molecule has 0 aromatic rings. The molecule has 2 nitrogen and oxygen atoms in total. The summed E-state index contributed by atoms with van der Waals surface area (Å²) in [5.41, 5.74) is 0. The molecule has 0 radical (unpaired) electrons. The van der Waals surface area contributed by atoms with Crippen molar-refractivity contribution in [3.05, 3.63) is 0 Å². The van der Waals surface area contributed by atoms with E-state index in [0.717, 1.165) is 17.9 Å². The third-order valence-corrected chi connectivity index (χ3v) is 4.13. The van der Waals surface area contributed by atoms with Gasteiger partial charge in [-0.2, -0.15) is 0 Å². The summed E-state index contributed by atoms with van der Waals surface area (Å²) in [5.74, 6) is 2.01. The van der Waals surface area contributed by atoms with Crippen LogP contribution in [0, 0.1) is 11.8 Å². The zero-order valence-corrected chi connectivity index (χ0v) is 10.3. The van der Waals surface area contributed by atoms with E-state index < -0.39 is 0 Å². The van der Waals surface area contributed by atoms with Gasteiger partial charge in [0.05, 0.1) is 0 Å². The zero-order valence-electron chi connectivity index (χ0n) is 10.3. The van der Waals surface area contributed by atoms with Crippen LogP contribution in [0.25, 0.3) is 0 Å². The number of nitrogens with zero attached hydrogens (tertiary/aromatic N) is 1. The SMILES string of the molecule is CC(CC1CC1)N(C)CC1CCNCC1.